The molecular formula is C69H49BN4. The Kier molecular flexibility index (Phi) is 9.37. The average Bonchev–Trinajstić information content (AvgIpc) is 4.15. The van der Waals surface area contributed by atoms with Crippen LogP contribution in [0.3, 0.4) is 0 Å². The first-order valence-corrected chi connectivity index (χ1v) is 25.8. The predicted octanol–water partition coefficient (Wildman–Crippen LogP) is 15.5. The first-order chi connectivity index (χ1) is 36.5. The van der Waals surface area contributed by atoms with Gasteiger partial charge in [0.05, 0.1) is 44.1 Å². The molecule has 5 heteroatoms. The fourth-order valence-electron chi connectivity index (χ4n) is 13.0. The van der Waals surface area contributed by atoms with E-state index in [4.69, 9.17) is 0 Å². The second-order valence-corrected chi connectivity index (χ2v) is 20.3. The zero-order valence-corrected chi connectivity index (χ0v) is 41.5. The van der Waals surface area contributed by atoms with E-state index in [1.807, 2.05) is 0 Å². The van der Waals surface area contributed by atoms with Gasteiger partial charge in [-0.25, -0.2) is 0 Å². The van der Waals surface area contributed by atoms with Crippen molar-refractivity contribution in [2.45, 2.75) is 20.8 Å². The van der Waals surface area contributed by atoms with Gasteiger partial charge in [0.15, 0.2) is 0 Å². The van der Waals surface area contributed by atoms with Crippen LogP contribution in [0.25, 0.3) is 110 Å². The summed E-state index contributed by atoms with van der Waals surface area (Å²) in [6, 6.07) is 90.2. The number of para-hydroxylation sites is 6. The molecule has 0 aliphatic rings. The van der Waals surface area contributed by atoms with Crippen molar-refractivity contribution in [3.05, 3.63) is 259 Å². The Morgan fingerprint density at radius 2 is 0.554 bits per heavy atom. The molecule has 0 unspecified atom stereocenters. The molecule has 0 aliphatic carbocycles. The summed E-state index contributed by atoms with van der Waals surface area (Å²) in [6.45, 7) is 6.75. The maximum absolute atomic E-state index is 2.50. The van der Waals surface area contributed by atoms with Crippen LogP contribution in [0.2, 0.25) is 0 Å². The zero-order chi connectivity index (χ0) is 49.2. The topological polar surface area (TPSA) is 19.7 Å². The Balaban J connectivity index is 0.956. The summed E-state index contributed by atoms with van der Waals surface area (Å²) in [4.78, 5) is 0. The molecule has 0 aliphatic heterocycles. The van der Waals surface area contributed by atoms with Gasteiger partial charge in [0.1, 0.15) is 0 Å². The van der Waals surface area contributed by atoms with Gasteiger partial charge in [0.25, 0.3) is 0 Å². The van der Waals surface area contributed by atoms with Gasteiger partial charge in [0.2, 0.25) is 6.71 Å². The number of benzene rings is 11. The first-order valence-electron chi connectivity index (χ1n) is 25.8. The number of aromatic nitrogens is 4. The van der Waals surface area contributed by atoms with Crippen molar-refractivity contribution in [3.8, 4) is 22.7 Å². The number of nitrogens with zero attached hydrogens (tertiary/aromatic N) is 4. The molecule has 0 atom stereocenters. The van der Waals surface area contributed by atoms with Gasteiger partial charge < -0.3 is 18.3 Å². The van der Waals surface area contributed by atoms with Crippen LogP contribution in [0.15, 0.2) is 243 Å². The second kappa shape index (κ2) is 16.4. The van der Waals surface area contributed by atoms with Crippen LogP contribution >= 0.6 is 0 Å². The Bertz CT molecular complexity index is 4460. The Hall–Kier alpha value is -9.32. The van der Waals surface area contributed by atoms with Gasteiger partial charge in [-0.15, -0.1) is 0 Å². The van der Waals surface area contributed by atoms with Crippen LogP contribution in [0.4, 0.5) is 0 Å². The summed E-state index contributed by atoms with van der Waals surface area (Å²) < 4.78 is 9.85. The lowest BCUT2D eigenvalue weighted by Gasteiger charge is -2.23. The molecule has 4 nitrogen and oxygen atoms in total. The van der Waals surface area contributed by atoms with Crippen molar-refractivity contribution < 1.29 is 0 Å². The van der Waals surface area contributed by atoms with Gasteiger partial charge in [0, 0.05) is 65.8 Å². The van der Waals surface area contributed by atoms with Crippen LogP contribution < -0.4 is 16.4 Å². The number of aryl methyl sites for hydroxylation is 3. The van der Waals surface area contributed by atoms with Gasteiger partial charge in [-0.3, -0.25) is 0 Å². The zero-order valence-electron chi connectivity index (χ0n) is 41.5. The molecule has 0 fully saturated rings. The van der Waals surface area contributed by atoms with Gasteiger partial charge in [-0.05, 0) is 118 Å². The molecule has 4 aromatic heterocycles. The quantitative estimate of drug-likeness (QED) is 0.142. The largest absolute Gasteiger partial charge is 0.309 e. The van der Waals surface area contributed by atoms with Crippen LogP contribution in [-0.4, -0.2) is 25.0 Å². The third kappa shape index (κ3) is 6.29. The van der Waals surface area contributed by atoms with E-state index in [2.05, 4.69) is 282 Å². The lowest BCUT2D eigenvalue weighted by molar-refractivity contribution is 1.17. The summed E-state index contributed by atoms with van der Waals surface area (Å²) in [6.07, 6.45) is 0. The summed E-state index contributed by atoms with van der Waals surface area (Å²) in [5.74, 6) is 0. The molecule has 0 N–H and O–H groups in total. The van der Waals surface area contributed by atoms with Crippen molar-refractivity contribution in [3.63, 3.8) is 0 Å². The lowest BCUT2D eigenvalue weighted by atomic mass is 9.35. The maximum atomic E-state index is 2.50. The van der Waals surface area contributed by atoms with E-state index in [1.165, 1.54) is 120 Å². The van der Waals surface area contributed by atoms with E-state index in [1.54, 1.807) is 0 Å². The number of hydrogen-bond acceptors (Lipinski definition) is 0. The third-order valence-electron chi connectivity index (χ3n) is 15.9. The van der Waals surface area contributed by atoms with Crippen molar-refractivity contribution in [2.75, 3.05) is 0 Å². The minimum Gasteiger partial charge on any atom is -0.309 e. The molecular weight excluding hydrogens is 896 g/mol. The van der Waals surface area contributed by atoms with Crippen molar-refractivity contribution in [1.29, 1.82) is 0 Å². The fourth-order valence-corrected chi connectivity index (χ4v) is 13.0. The number of rotatable bonds is 7. The Morgan fingerprint density at radius 3 is 0.919 bits per heavy atom. The number of hydrogen-bond donors (Lipinski definition) is 0. The molecule has 15 aromatic rings. The van der Waals surface area contributed by atoms with E-state index in [9.17, 15) is 0 Å². The highest BCUT2D eigenvalue weighted by atomic mass is 15.0. The monoisotopic (exact) mass is 944 g/mol. The molecule has 0 radical (unpaired) electrons. The van der Waals surface area contributed by atoms with Gasteiger partial charge >= 0.3 is 0 Å². The normalized spacial score (nSPS) is 12.0. The minimum atomic E-state index is -0.0590. The second-order valence-electron chi connectivity index (χ2n) is 20.3. The smallest absolute Gasteiger partial charge is 0.242 e. The van der Waals surface area contributed by atoms with Crippen LogP contribution in [0.1, 0.15) is 16.7 Å². The Labute approximate surface area is 429 Å². The Morgan fingerprint density at radius 1 is 0.243 bits per heavy atom. The SMILES string of the molecule is Cc1cc(C)c(B(c2cccc(-n3c4ccccc4c4cc5c6ccccc6n(-c6ccccc6)c5cc43)c2)c2cccc(-n3c4ccccc4c4cc5c6ccccc6n(-c6ccccc6)c5cc43)c2)c(C)c1. The van der Waals surface area contributed by atoms with E-state index in [0.29, 0.717) is 0 Å². The highest BCUT2D eigenvalue weighted by Crippen LogP contribution is 2.41. The van der Waals surface area contributed by atoms with E-state index >= 15 is 0 Å². The highest BCUT2D eigenvalue weighted by Gasteiger charge is 2.28. The lowest BCUT2D eigenvalue weighted by Crippen LogP contribution is -2.54. The molecule has 15 rings (SSSR count). The summed E-state index contributed by atoms with van der Waals surface area (Å²) in [5, 5.41) is 10.0. The molecule has 11 aromatic carbocycles. The molecule has 0 saturated carbocycles. The van der Waals surface area contributed by atoms with Crippen molar-refractivity contribution in [2.24, 2.45) is 0 Å². The third-order valence-corrected chi connectivity index (χ3v) is 15.9. The first kappa shape index (κ1) is 42.4. The van der Waals surface area contributed by atoms with E-state index in [0.717, 1.165) is 22.7 Å². The molecule has 0 saturated heterocycles. The molecule has 348 valence electrons. The van der Waals surface area contributed by atoms with Crippen molar-refractivity contribution >= 4 is 110 Å². The fraction of sp³-hybridized carbons (Fsp3) is 0.0435. The highest BCUT2D eigenvalue weighted by molar-refractivity contribution is 6.96. The van der Waals surface area contributed by atoms with Gasteiger partial charge in [-0.1, -0.05) is 179 Å². The van der Waals surface area contributed by atoms with E-state index in [-0.39, 0.29) is 6.71 Å². The van der Waals surface area contributed by atoms with Crippen LogP contribution in [0.5, 0.6) is 0 Å². The summed E-state index contributed by atoms with van der Waals surface area (Å²) in [5.41, 5.74) is 21.8. The predicted molar refractivity (Wildman–Crippen MR) is 316 cm³/mol. The maximum Gasteiger partial charge on any atom is 0.242 e. The summed E-state index contributed by atoms with van der Waals surface area (Å²) in [7, 11) is 0. The van der Waals surface area contributed by atoms with Gasteiger partial charge in [-0.2, -0.15) is 0 Å². The molecule has 0 amide bonds. The van der Waals surface area contributed by atoms with Crippen molar-refractivity contribution in [1.82, 2.24) is 18.3 Å². The molecule has 74 heavy (non-hydrogen) atoms. The van der Waals surface area contributed by atoms with E-state index < -0.39 is 0 Å². The molecule has 0 spiro atoms. The standard InChI is InChI=1S/C69H49BN4/c1-44-36-45(2)69(46(3)37-44)70(47-20-18-26-51(38-47)73-63-34-16-12-30-55(63)59-40-57-53-28-10-14-32-61(53)71(65(57)42-67(59)73)49-22-6-4-7-23-49)48-21-19-27-52(39-48)74-64-35-17-13-31-56(64)60-41-58-54-29-11-15-33-62(54)72(66(58)43-68(60)74)50-24-8-5-9-25-50/h4-43H,1-3H3. The molecule has 4 heterocycles. The molecule has 0 bridgehead atoms. The average molecular weight is 945 g/mol. The minimum absolute atomic E-state index is 0.0590. The van der Waals surface area contributed by atoms with Crippen LogP contribution in [-0.2, 0) is 0 Å². The number of fused-ring (bicyclic) bond motifs is 12. The summed E-state index contributed by atoms with van der Waals surface area (Å²) >= 11 is 0. The van der Waals surface area contributed by atoms with Crippen LogP contribution in [0, 0.1) is 20.8 Å².